The van der Waals surface area contributed by atoms with Gasteiger partial charge in [0.25, 0.3) is 5.91 Å². The third-order valence-corrected chi connectivity index (χ3v) is 3.71. The highest BCUT2D eigenvalue weighted by molar-refractivity contribution is 7.90. The minimum atomic E-state index is -3.06. The zero-order valence-corrected chi connectivity index (χ0v) is 12.0. The fraction of sp³-hybridized carbons (Fsp3) is 0.417. The van der Waals surface area contributed by atoms with Crippen LogP contribution in [0.25, 0.3) is 0 Å². The molecule has 1 aromatic rings. The molecule has 1 amide bonds. The number of nitrogens with zero attached hydrogens (tertiary/aromatic N) is 1. The molecule has 1 rings (SSSR count). The fourth-order valence-corrected chi connectivity index (χ4v) is 2.18. The zero-order chi connectivity index (χ0) is 13.8. The highest BCUT2D eigenvalue weighted by Crippen LogP contribution is 2.10. The predicted molar refractivity (Wildman–Crippen MR) is 72.7 cm³/mol. The van der Waals surface area contributed by atoms with Gasteiger partial charge in [-0.15, -0.1) is 11.6 Å². The van der Waals surface area contributed by atoms with Crippen LogP contribution in [0.1, 0.15) is 15.9 Å². The van der Waals surface area contributed by atoms with Crippen LogP contribution in [0.5, 0.6) is 0 Å². The Morgan fingerprint density at radius 2 is 2.06 bits per heavy atom. The van der Waals surface area contributed by atoms with Gasteiger partial charge in [0.15, 0.2) is 0 Å². The Bertz CT molecular complexity index is 528. The number of carbonyl (C=O) groups is 1. The second-order valence-electron chi connectivity index (χ2n) is 4.19. The summed E-state index contributed by atoms with van der Waals surface area (Å²) in [6.07, 6.45) is 1.15. The lowest BCUT2D eigenvalue weighted by Gasteiger charge is -2.16. The Morgan fingerprint density at radius 3 is 2.61 bits per heavy atom. The average Bonchev–Trinajstić information content (AvgIpc) is 2.34. The molecule has 0 atom stereocenters. The van der Waals surface area contributed by atoms with Crippen molar-refractivity contribution in [3.8, 4) is 0 Å². The topological polar surface area (TPSA) is 54.5 Å². The molecule has 4 nitrogen and oxygen atoms in total. The Kier molecular flexibility index (Phi) is 5.16. The van der Waals surface area contributed by atoms with E-state index in [1.165, 1.54) is 4.90 Å². The van der Waals surface area contributed by atoms with Crippen molar-refractivity contribution in [3.05, 3.63) is 35.4 Å². The maximum Gasteiger partial charge on any atom is 0.253 e. The summed E-state index contributed by atoms with van der Waals surface area (Å²) in [7, 11) is -1.48. The highest BCUT2D eigenvalue weighted by Gasteiger charge is 2.13. The SMILES string of the molecule is CN(CCS(C)(=O)=O)C(=O)c1cccc(CCl)c1. The van der Waals surface area contributed by atoms with Crippen LogP contribution in [0.15, 0.2) is 24.3 Å². The van der Waals surface area contributed by atoms with Crippen LogP contribution in [0.3, 0.4) is 0 Å². The summed E-state index contributed by atoms with van der Waals surface area (Å²) in [6.45, 7) is 0.183. The Morgan fingerprint density at radius 1 is 1.39 bits per heavy atom. The second kappa shape index (κ2) is 6.20. The molecule has 0 saturated carbocycles. The lowest BCUT2D eigenvalue weighted by atomic mass is 10.1. The zero-order valence-electron chi connectivity index (χ0n) is 10.4. The van der Waals surface area contributed by atoms with Gasteiger partial charge in [-0.05, 0) is 17.7 Å². The average molecular weight is 290 g/mol. The van der Waals surface area contributed by atoms with Gasteiger partial charge in [0.05, 0.1) is 5.75 Å². The van der Waals surface area contributed by atoms with Crippen molar-refractivity contribution < 1.29 is 13.2 Å². The number of amides is 1. The molecule has 0 aromatic heterocycles. The molecule has 0 aliphatic rings. The summed E-state index contributed by atoms with van der Waals surface area (Å²) in [5.74, 6) is 0.101. The van der Waals surface area contributed by atoms with E-state index in [9.17, 15) is 13.2 Å². The van der Waals surface area contributed by atoms with Gasteiger partial charge in [0.2, 0.25) is 0 Å². The number of carbonyl (C=O) groups excluding carboxylic acids is 1. The lowest BCUT2D eigenvalue weighted by molar-refractivity contribution is 0.0803. The molecule has 1 aromatic carbocycles. The number of halogens is 1. The van der Waals surface area contributed by atoms with Crippen LogP contribution in [-0.4, -0.2) is 44.8 Å². The van der Waals surface area contributed by atoms with Gasteiger partial charge >= 0.3 is 0 Å². The molecule has 0 aliphatic carbocycles. The third-order valence-electron chi connectivity index (χ3n) is 2.47. The minimum Gasteiger partial charge on any atom is -0.341 e. The van der Waals surface area contributed by atoms with Crippen molar-refractivity contribution in [3.63, 3.8) is 0 Å². The quantitative estimate of drug-likeness (QED) is 0.773. The Balaban J connectivity index is 2.74. The summed E-state index contributed by atoms with van der Waals surface area (Å²) in [5, 5.41) is 0. The largest absolute Gasteiger partial charge is 0.341 e. The van der Waals surface area contributed by atoms with Crippen LogP contribution in [0.2, 0.25) is 0 Å². The van der Waals surface area contributed by atoms with E-state index < -0.39 is 9.84 Å². The van der Waals surface area contributed by atoms with Gasteiger partial charge in [-0.1, -0.05) is 12.1 Å². The third kappa shape index (κ3) is 4.66. The van der Waals surface area contributed by atoms with Crippen LogP contribution in [0, 0.1) is 0 Å². The molecule has 0 heterocycles. The van der Waals surface area contributed by atoms with Crippen molar-refractivity contribution in [2.24, 2.45) is 0 Å². The fourth-order valence-electron chi connectivity index (χ4n) is 1.41. The van der Waals surface area contributed by atoms with Crippen LogP contribution >= 0.6 is 11.6 Å². The lowest BCUT2D eigenvalue weighted by Crippen LogP contribution is -2.31. The molecular weight excluding hydrogens is 274 g/mol. The summed E-state index contributed by atoms with van der Waals surface area (Å²) in [5.41, 5.74) is 1.38. The summed E-state index contributed by atoms with van der Waals surface area (Å²) in [4.78, 5) is 13.4. The first-order chi connectivity index (χ1) is 8.33. The molecule has 6 heteroatoms. The molecule has 18 heavy (non-hydrogen) atoms. The van der Waals surface area contributed by atoms with Crippen LogP contribution in [0.4, 0.5) is 0 Å². The maximum absolute atomic E-state index is 12.0. The molecule has 0 spiro atoms. The van der Waals surface area contributed by atoms with E-state index in [4.69, 9.17) is 11.6 Å². The second-order valence-corrected chi connectivity index (χ2v) is 6.72. The van der Waals surface area contributed by atoms with Gasteiger partial charge in [0, 0.05) is 31.3 Å². The first-order valence-electron chi connectivity index (χ1n) is 5.41. The van der Waals surface area contributed by atoms with Crippen molar-refractivity contribution in [1.29, 1.82) is 0 Å². The first kappa shape index (κ1) is 15.0. The van der Waals surface area contributed by atoms with E-state index in [2.05, 4.69) is 0 Å². The minimum absolute atomic E-state index is 0.0373. The van der Waals surface area contributed by atoms with E-state index in [0.29, 0.717) is 11.4 Å². The number of rotatable bonds is 5. The van der Waals surface area contributed by atoms with Crippen molar-refractivity contribution in [1.82, 2.24) is 4.90 Å². The summed E-state index contributed by atoms with van der Waals surface area (Å²) < 4.78 is 22.1. The van der Waals surface area contributed by atoms with Gasteiger partial charge < -0.3 is 4.90 Å². The molecule has 100 valence electrons. The number of benzene rings is 1. The normalized spacial score (nSPS) is 11.3. The molecule has 0 radical (unpaired) electrons. The maximum atomic E-state index is 12.0. The number of sulfone groups is 1. The van der Waals surface area contributed by atoms with Crippen LogP contribution < -0.4 is 0 Å². The molecule has 0 unspecified atom stereocenters. The van der Waals surface area contributed by atoms with Crippen LogP contribution in [-0.2, 0) is 15.7 Å². The molecule has 0 bridgehead atoms. The molecule has 0 aliphatic heterocycles. The van der Waals surface area contributed by atoms with E-state index in [0.717, 1.165) is 11.8 Å². The highest BCUT2D eigenvalue weighted by atomic mass is 35.5. The number of hydrogen-bond donors (Lipinski definition) is 0. The van der Waals surface area contributed by atoms with Gasteiger partial charge in [0.1, 0.15) is 9.84 Å². The van der Waals surface area contributed by atoms with Gasteiger partial charge in [-0.3, -0.25) is 4.79 Å². The molecule has 0 N–H and O–H groups in total. The van der Waals surface area contributed by atoms with E-state index in [1.807, 2.05) is 6.07 Å². The van der Waals surface area contributed by atoms with E-state index in [1.54, 1.807) is 25.2 Å². The van der Waals surface area contributed by atoms with E-state index >= 15 is 0 Å². The molecular formula is C12H16ClNO3S. The smallest absolute Gasteiger partial charge is 0.253 e. The van der Waals surface area contributed by atoms with Crippen molar-refractivity contribution in [2.75, 3.05) is 25.6 Å². The number of hydrogen-bond acceptors (Lipinski definition) is 3. The molecule has 0 fully saturated rings. The summed E-state index contributed by atoms with van der Waals surface area (Å²) in [6, 6.07) is 7.00. The van der Waals surface area contributed by atoms with E-state index in [-0.39, 0.29) is 18.2 Å². The molecule has 0 saturated heterocycles. The van der Waals surface area contributed by atoms with Crippen molar-refractivity contribution >= 4 is 27.3 Å². The number of alkyl halides is 1. The van der Waals surface area contributed by atoms with Gasteiger partial charge in [-0.25, -0.2) is 8.42 Å². The van der Waals surface area contributed by atoms with Gasteiger partial charge in [-0.2, -0.15) is 0 Å². The Hall–Kier alpha value is -1.07. The summed E-state index contributed by atoms with van der Waals surface area (Å²) >= 11 is 5.70. The first-order valence-corrected chi connectivity index (χ1v) is 8.01. The predicted octanol–water partition coefficient (Wildman–Crippen LogP) is 1.54. The van der Waals surface area contributed by atoms with Crippen molar-refractivity contribution in [2.45, 2.75) is 5.88 Å². The monoisotopic (exact) mass is 289 g/mol. The Labute approximate surface area is 112 Å². The standard InChI is InChI=1S/C12H16ClNO3S/c1-14(6-7-18(2,16)17)12(15)11-5-3-4-10(8-11)9-13/h3-5,8H,6-7,9H2,1-2H3.